The molecule has 0 aliphatic carbocycles. The zero-order valence-electron chi connectivity index (χ0n) is 14.4. The zero-order chi connectivity index (χ0) is 17.2. The molecule has 1 aromatic carbocycles. The SMILES string of the molecule is Cc1ccc(C(C)C)cc1CCNS(=O)(=O)c1c(C)n[nH]c1C. The lowest BCUT2D eigenvalue weighted by atomic mass is 9.96. The van der Waals surface area contributed by atoms with Gasteiger partial charge in [-0.2, -0.15) is 5.10 Å². The molecule has 6 heteroatoms. The fourth-order valence-electron chi connectivity index (χ4n) is 2.65. The third kappa shape index (κ3) is 4.00. The van der Waals surface area contributed by atoms with Gasteiger partial charge in [0.1, 0.15) is 4.90 Å². The zero-order valence-corrected chi connectivity index (χ0v) is 15.2. The van der Waals surface area contributed by atoms with Gasteiger partial charge in [0.25, 0.3) is 0 Å². The van der Waals surface area contributed by atoms with Crippen molar-refractivity contribution in [3.63, 3.8) is 0 Å². The van der Waals surface area contributed by atoms with E-state index in [9.17, 15) is 8.42 Å². The molecule has 2 N–H and O–H groups in total. The first-order valence-corrected chi connectivity index (χ1v) is 9.31. The number of nitrogens with zero attached hydrogens (tertiary/aromatic N) is 1. The van der Waals surface area contributed by atoms with Gasteiger partial charge < -0.3 is 0 Å². The lowest BCUT2D eigenvalue weighted by molar-refractivity contribution is 0.580. The summed E-state index contributed by atoms with van der Waals surface area (Å²) in [5.41, 5.74) is 4.69. The van der Waals surface area contributed by atoms with E-state index in [0.29, 0.717) is 30.3 Å². The average molecular weight is 335 g/mol. The van der Waals surface area contributed by atoms with Crippen molar-refractivity contribution in [1.82, 2.24) is 14.9 Å². The Morgan fingerprint density at radius 3 is 2.48 bits per heavy atom. The van der Waals surface area contributed by atoms with Crippen LogP contribution >= 0.6 is 0 Å². The number of aromatic nitrogens is 2. The Morgan fingerprint density at radius 2 is 1.91 bits per heavy atom. The molecule has 0 bridgehead atoms. The molecule has 0 aliphatic rings. The molecule has 0 fully saturated rings. The van der Waals surface area contributed by atoms with Crippen LogP contribution in [-0.4, -0.2) is 25.2 Å². The summed E-state index contributed by atoms with van der Waals surface area (Å²) in [6.45, 7) is 10.1. The molecule has 1 heterocycles. The van der Waals surface area contributed by atoms with Gasteiger partial charge in [0.15, 0.2) is 0 Å². The molecule has 1 aromatic heterocycles. The van der Waals surface area contributed by atoms with Crippen LogP contribution in [0.3, 0.4) is 0 Å². The predicted octanol–water partition coefficient (Wildman–Crippen LogP) is 2.98. The standard InChI is InChI=1S/C17H25N3O2S/c1-11(2)15-7-6-12(3)16(10-15)8-9-18-23(21,22)17-13(4)19-20-14(17)5/h6-7,10-11,18H,8-9H2,1-5H3,(H,19,20). The van der Waals surface area contributed by atoms with Crippen LogP contribution in [0.2, 0.25) is 0 Å². The van der Waals surface area contributed by atoms with Gasteiger partial charge in [-0.05, 0) is 49.8 Å². The highest BCUT2D eigenvalue weighted by atomic mass is 32.2. The highest BCUT2D eigenvalue weighted by Crippen LogP contribution is 2.19. The quantitative estimate of drug-likeness (QED) is 0.852. The summed E-state index contributed by atoms with van der Waals surface area (Å²) in [5, 5.41) is 6.66. The van der Waals surface area contributed by atoms with Crippen molar-refractivity contribution in [2.45, 2.75) is 51.9 Å². The molecule has 0 radical (unpaired) electrons. The maximum atomic E-state index is 12.4. The third-order valence-corrected chi connectivity index (χ3v) is 5.78. The predicted molar refractivity (Wildman–Crippen MR) is 92.2 cm³/mol. The Kier molecular flexibility index (Phi) is 5.26. The second-order valence-corrected chi connectivity index (χ2v) is 7.96. The minimum absolute atomic E-state index is 0.255. The van der Waals surface area contributed by atoms with Crippen LogP contribution in [0.1, 0.15) is 47.8 Å². The van der Waals surface area contributed by atoms with E-state index in [1.807, 2.05) is 0 Å². The summed E-state index contributed by atoms with van der Waals surface area (Å²) in [7, 11) is -3.53. The van der Waals surface area contributed by atoms with Crippen LogP contribution in [0.15, 0.2) is 23.1 Å². The molecule has 2 aromatic rings. The first kappa shape index (κ1) is 17.7. The van der Waals surface area contributed by atoms with Crippen LogP contribution in [0, 0.1) is 20.8 Å². The van der Waals surface area contributed by atoms with Gasteiger partial charge in [-0.3, -0.25) is 5.10 Å². The summed E-state index contributed by atoms with van der Waals surface area (Å²) in [6.07, 6.45) is 0.668. The number of nitrogens with one attached hydrogen (secondary N) is 2. The van der Waals surface area contributed by atoms with Gasteiger partial charge in [-0.15, -0.1) is 0 Å². The first-order chi connectivity index (χ1) is 10.7. The Labute approximate surface area is 138 Å². The lowest BCUT2D eigenvalue weighted by Crippen LogP contribution is -2.27. The van der Waals surface area contributed by atoms with Crippen LogP contribution in [0.25, 0.3) is 0 Å². The minimum Gasteiger partial charge on any atom is -0.281 e. The van der Waals surface area contributed by atoms with Crippen molar-refractivity contribution in [1.29, 1.82) is 0 Å². The first-order valence-electron chi connectivity index (χ1n) is 7.83. The van der Waals surface area contributed by atoms with E-state index in [0.717, 1.165) is 0 Å². The second kappa shape index (κ2) is 6.84. The van der Waals surface area contributed by atoms with Gasteiger partial charge in [0.2, 0.25) is 10.0 Å². The normalized spacial score (nSPS) is 12.1. The molecule has 0 spiro atoms. The Morgan fingerprint density at radius 1 is 1.22 bits per heavy atom. The van der Waals surface area contributed by atoms with Crippen LogP contribution in [0.5, 0.6) is 0 Å². The average Bonchev–Trinajstić information content (AvgIpc) is 2.80. The molecular weight excluding hydrogens is 310 g/mol. The Hall–Kier alpha value is -1.66. The molecule has 23 heavy (non-hydrogen) atoms. The number of hydrogen-bond donors (Lipinski definition) is 2. The second-order valence-electron chi connectivity index (χ2n) is 6.25. The Bertz CT molecular complexity index is 773. The molecule has 0 atom stereocenters. The van der Waals surface area contributed by atoms with Crippen molar-refractivity contribution in [3.05, 3.63) is 46.3 Å². The maximum absolute atomic E-state index is 12.4. The van der Waals surface area contributed by atoms with Crippen molar-refractivity contribution < 1.29 is 8.42 Å². The molecule has 0 saturated carbocycles. The summed E-state index contributed by atoms with van der Waals surface area (Å²) in [6, 6.07) is 6.40. The van der Waals surface area contributed by atoms with E-state index in [2.05, 4.69) is 53.9 Å². The van der Waals surface area contributed by atoms with Gasteiger partial charge in [0, 0.05) is 6.54 Å². The number of sulfonamides is 1. The number of aromatic amines is 1. The number of benzene rings is 1. The van der Waals surface area contributed by atoms with Crippen molar-refractivity contribution in [2.24, 2.45) is 0 Å². The largest absolute Gasteiger partial charge is 0.281 e. The molecule has 126 valence electrons. The summed E-state index contributed by atoms with van der Waals surface area (Å²) >= 11 is 0. The third-order valence-electron chi connectivity index (χ3n) is 4.06. The molecular formula is C17H25N3O2S. The molecule has 0 amide bonds. The number of rotatable bonds is 6. The molecule has 0 aliphatic heterocycles. The van der Waals surface area contributed by atoms with E-state index < -0.39 is 10.0 Å². The lowest BCUT2D eigenvalue weighted by Gasteiger charge is -2.12. The summed E-state index contributed by atoms with van der Waals surface area (Å²) in [4.78, 5) is 0.255. The van der Waals surface area contributed by atoms with Crippen molar-refractivity contribution in [2.75, 3.05) is 6.54 Å². The van der Waals surface area contributed by atoms with E-state index in [1.54, 1.807) is 13.8 Å². The van der Waals surface area contributed by atoms with Crippen LogP contribution in [-0.2, 0) is 16.4 Å². The fraction of sp³-hybridized carbons (Fsp3) is 0.471. The van der Waals surface area contributed by atoms with Crippen LogP contribution in [0.4, 0.5) is 0 Å². The van der Waals surface area contributed by atoms with Gasteiger partial charge in [-0.1, -0.05) is 32.0 Å². The van der Waals surface area contributed by atoms with E-state index >= 15 is 0 Å². The number of hydrogen-bond acceptors (Lipinski definition) is 3. The topological polar surface area (TPSA) is 74.8 Å². The minimum atomic E-state index is -3.53. The highest BCUT2D eigenvalue weighted by Gasteiger charge is 2.21. The van der Waals surface area contributed by atoms with E-state index in [-0.39, 0.29) is 4.90 Å². The van der Waals surface area contributed by atoms with Gasteiger partial charge in [0.05, 0.1) is 11.4 Å². The summed E-state index contributed by atoms with van der Waals surface area (Å²) < 4.78 is 27.5. The molecule has 2 rings (SSSR count). The fourth-order valence-corrected chi connectivity index (χ4v) is 4.05. The number of aryl methyl sites for hydroxylation is 3. The Balaban J connectivity index is 2.09. The number of H-pyrrole nitrogens is 1. The molecule has 5 nitrogen and oxygen atoms in total. The van der Waals surface area contributed by atoms with E-state index in [1.165, 1.54) is 16.7 Å². The van der Waals surface area contributed by atoms with Crippen molar-refractivity contribution >= 4 is 10.0 Å². The highest BCUT2D eigenvalue weighted by molar-refractivity contribution is 7.89. The summed E-state index contributed by atoms with van der Waals surface area (Å²) in [5.74, 6) is 0.460. The van der Waals surface area contributed by atoms with Crippen LogP contribution < -0.4 is 4.72 Å². The monoisotopic (exact) mass is 335 g/mol. The van der Waals surface area contributed by atoms with E-state index in [4.69, 9.17) is 0 Å². The van der Waals surface area contributed by atoms with Gasteiger partial charge >= 0.3 is 0 Å². The smallest absolute Gasteiger partial charge is 0.244 e. The molecule has 0 saturated heterocycles. The molecule has 0 unspecified atom stereocenters. The maximum Gasteiger partial charge on any atom is 0.244 e. The van der Waals surface area contributed by atoms with Gasteiger partial charge in [-0.25, -0.2) is 13.1 Å². The van der Waals surface area contributed by atoms with Crippen molar-refractivity contribution in [3.8, 4) is 0 Å².